The van der Waals surface area contributed by atoms with Crippen LogP contribution >= 0.6 is 0 Å². The molecule has 3 N–H and O–H groups in total. The van der Waals surface area contributed by atoms with E-state index < -0.39 is 0 Å². The molecule has 0 fully saturated rings. The molecular formula is C22H31N3O3. The molecule has 28 heavy (non-hydrogen) atoms. The molecule has 0 spiro atoms. The molecule has 0 aliphatic carbocycles. The summed E-state index contributed by atoms with van der Waals surface area (Å²) in [6.07, 6.45) is 1.88. The average Bonchev–Trinajstić information content (AvgIpc) is 2.76. The van der Waals surface area contributed by atoms with Gasteiger partial charge in [0.25, 0.3) is 0 Å². The van der Waals surface area contributed by atoms with Crippen molar-refractivity contribution in [1.82, 2.24) is 10.6 Å². The molecule has 0 saturated carbocycles. The van der Waals surface area contributed by atoms with Crippen molar-refractivity contribution in [2.75, 3.05) is 41.0 Å². The van der Waals surface area contributed by atoms with Crippen molar-refractivity contribution in [2.24, 2.45) is 4.99 Å². The highest BCUT2D eigenvalue weighted by Crippen LogP contribution is 2.27. The van der Waals surface area contributed by atoms with E-state index in [2.05, 4.69) is 21.7 Å². The molecule has 2 rings (SSSR count). The Bertz CT molecular complexity index is 735. The molecular weight excluding hydrogens is 354 g/mol. The van der Waals surface area contributed by atoms with E-state index in [9.17, 15) is 5.11 Å². The van der Waals surface area contributed by atoms with Crippen molar-refractivity contribution in [3.05, 3.63) is 59.7 Å². The second-order valence-electron chi connectivity index (χ2n) is 6.46. The Morgan fingerprint density at radius 1 is 1.04 bits per heavy atom. The Labute approximate surface area is 167 Å². The molecule has 2 aromatic rings. The fourth-order valence-electron chi connectivity index (χ4n) is 2.99. The molecule has 0 radical (unpaired) electrons. The summed E-state index contributed by atoms with van der Waals surface area (Å²) in [5.74, 6) is 2.26. The van der Waals surface area contributed by atoms with Gasteiger partial charge in [0.1, 0.15) is 0 Å². The molecule has 152 valence electrons. The zero-order valence-electron chi connectivity index (χ0n) is 16.9. The zero-order valence-corrected chi connectivity index (χ0v) is 16.9. The minimum atomic E-state index is 0.0338. The van der Waals surface area contributed by atoms with Crippen molar-refractivity contribution >= 4 is 5.96 Å². The van der Waals surface area contributed by atoms with E-state index in [1.165, 1.54) is 5.56 Å². The van der Waals surface area contributed by atoms with Crippen LogP contribution in [0.1, 0.15) is 23.5 Å². The predicted molar refractivity (Wildman–Crippen MR) is 114 cm³/mol. The van der Waals surface area contributed by atoms with E-state index in [0.717, 1.165) is 42.4 Å². The third kappa shape index (κ3) is 6.46. The average molecular weight is 386 g/mol. The first-order valence-electron chi connectivity index (χ1n) is 9.53. The lowest BCUT2D eigenvalue weighted by Crippen LogP contribution is -2.40. The van der Waals surface area contributed by atoms with Crippen LogP contribution in [-0.2, 0) is 6.42 Å². The van der Waals surface area contributed by atoms with Crippen LogP contribution in [0.3, 0.4) is 0 Å². The fourth-order valence-corrected chi connectivity index (χ4v) is 2.99. The summed E-state index contributed by atoms with van der Waals surface area (Å²) in [6, 6.07) is 16.0. The Morgan fingerprint density at radius 3 is 2.43 bits per heavy atom. The van der Waals surface area contributed by atoms with E-state index in [-0.39, 0.29) is 12.5 Å². The van der Waals surface area contributed by atoms with Crippen molar-refractivity contribution in [1.29, 1.82) is 0 Å². The second-order valence-corrected chi connectivity index (χ2v) is 6.46. The quantitative estimate of drug-likeness (QED) is 0.333. The maximum atomic E-state index is 9.67. The molecule has 6 nitrogen and oxygen atoms in total. The van der Waals surface area contributed by atoms with Gasteiger partial charge < -0.3 is 25.2 Å². The molecule has 0 aromatic heterocycles. The first-order chi connectivity index (χ1) is 13.7. The van der Waals surface area contributed by atoms with Gasteiger partial charge >= 0.3 is 0 Å². The smallest absolute Gasteiger partial charge is 0.190 e. The number of nitrogens with one attached hydrogen (secondary N) is 2. The molecule has 0 aliphatic heterocycles. The molecule has 1 unspecified atom stereocenters. The number of hydrogen-bond acceptors (Lipinski definition) is 4. The number of nitrogens with zero attached hydrogens (tertiary/aromatic N) is 1. The number of benzene rings is 2. The Hall–Kier alpha value is -2.73. The fraction of sp³-hybridized carbons (Fsp3) is 0.409. The van der Waals surface area contributed by atoms with E-state index in [1.54, 1.807) is 21.3 Å². The van der Waals surface area contributed by atoms with Crippen LogP contribution in [0.2, 0.25) is 0 Å². The van der Waals surface area contributed by atoms with Gasteiger partial charge in [0, 0.05) is 26.1 Å². The number of methoxy groups -OCH3 is 2. The van der Waals surface area contributed by atoms with Gasteiger partial charge in [-0.3, -0.25) is 4.99 Å². The summed E-state index contributed by atoms with van der Waals surface area (Å²) in [6.45, 7) is 1.51. The Morgan fingerprint density at radius 2 is 1.79 bits per heavy atom. The third-order valence-electron chi connectivity index (χ3n) is 4.61. The maximum absolute atomic E-state index is 9.67. The number of hydrogen-bond donors (Lipinski definition) is 3. The predicted octanol–water partition coefficient (Wildman–Crippen LogP) is 2.58. The van der Waals surface area contributed by atoms with Crippen LogP contribution in [0, 0.1) is 0 Å². The van der Waals surface area contributed by atoms with Crippen LogP contribution < -0.4 is 20.1 Å². The standard InChI is InChI=1S/C22H31N3O3/c1-23-22(25-15-19(16-26)18-9-5-4-6-10-18)24-13-7-8-17-11-12-20(27-2)21(14-17)28-3/h4-6,9-12,14,19,26H,7-8,13,15-16H2,1-3H3,(H2,23,24,25). The van der Waals surface area contributed by atoms with Crippen LogP contribution in [0.5, 0.6) is 11.5 Å². The van der Waals surface area contributed by atoms with Crippen molar-refractivity contribution in [2.45, 2.75) is 18.8 Å². The van der Waals surface area contributed by atoms with E-state index >= 15 is 0 Å². The largest absolute Gasteiger partial charge is 0.493 e. The number of rotatable bonds is 10. The number of aryl methyl sites for hydroxylation is 1. The van der Waals surface area contributed by atoms with E-state index in [0.29, 0.717) is 6.54 Å². The van der Waals surface area contributed by atoms with Crippen LogP contribution in [-0.4, -0.2) is 52.0 Å². The van der Waals surface area contributed by atoms with Crippen LogP contribution in [0.4, 0.5) is 0 Å². The number of ether oxygens (including phenoxy) is 2. The Balaban J connectivity index is 1.76. The van der Waals surface area contributed by atoms with Crippen molar-refractivity contribution < 1.29 is 14.6 Å². The monoisotopic (exact) mass is 385 g/mol. The van der Waals surface area contributed by atoms with Gasteiger partial charge in [-0.05, 0) is 36.1 Å². The highest BCUT2D eigenvalue weighted by Gasteiger charge is 2.10. The molecule has 0 amide bonds. The van der Waals surface area contributed by atoms with Gasteiger partial charge in [-0.25, -0.2) is 0 Å². The lowest BCUT2D eigenvalue weighted by atomic mass is 10.0. The first-order valence-corrected chi connectivity index (χ1v) is 9.53. The van der Waals surface area contributed by atoms with Crippen molar-refractivity contribution in [3.63, 3.8) is 0 Å². The van der Waals surface area contributed by atoms with Gasteiger partial charge in [-0.1, -0.05) is 36.4 Å². The number of guanidine groups is 1. The van der Waals surface area contributed by atoms with Gasteiger partial charge in [-0.2, -0.15) is 0 Å². The molecule has 6 heteroatoms. The normalized spacial score (nSPS) is 12.4. The SMILES string of the molecule is CN=C(NCCCc1ccc(OC)c(OC)c1)NCC(CO)c1ccccc1. The summed E-state index contributed by atoms with van der Waals surface area (Å²) in [5, 5.41) is 16.3. The van der Waals surface area contributed by atoms with Crippen LogP contribution in [0.25, 0.3) is 0 Å². The zero-order chi connectivity index (χ0) is 20.2. The summed E-state index contributed by atoms with van der Waals surface area (Å²) in [4.78, 5) is 4.26. The molecule has 0 bridgehead atoms. The lowest BCUT2D eigenvalue weighted by molar-refractivity contribution is 0.265. The van der Waals surface area contributed by atoms with Gasteiger partial charge in [-0.15, -0.1) is 0 Å². The minimum absolute atomic E-state index is 0.0338. The summed E-state index contributed by atoms with van der Waals surface area (Å²) >= 11 is 0. The summed E-state index contributed by atoms with van der Waals surface area (Å²) in [7, 11) is 5.03. The second kappa shape index (κ2) is 11.9. The van der Waals surface area contributed by atoms with E-state index in [1.807, 2.05) is 42.5 Å². The van der Waals surface area contributed by atoms with Gasteiger partial charge in [0.2, 0.25) is 0 Å². The lowest BCUT2D eigenvalue weighted by Gasteiger charge is -2.18. The highest BCUT2D eigenvalue weighted by molar-refractivity contribution is 5.79. The van der Waals surface area contributed by atoms with E-state index in [4.69, 9.17) is 9.47 Å². The van der Waals surface area contributed by atoms with Gasteiger partial charge in [0.15, 0.2) is 17.5 Å². The minimum Gasteiger partial charge on any atom is -0.493 e. The number of aliphatic imine (C=N–C) groups is 1. The molecule has 1 atom stereocenters. The molecule has 0 aliphatic rings. The topological polar surface area (TPSA) is 75.1 Å². The van der Waals surface area contributed by atoms with Gasteiger partial charge in [0.05, 0.1) is 20.8 Å². The first kappa shape index (κ1) is 21.6. The van der Waals surface area contributed by atoms with Crippen LogP contribution in [0.15, 0.2) is 53.5 Å². The molecule has 0 saturated heterocycles. The third-order valence-corrected chi connectivity index (χ3v) is 4.61. The Kier molecular flexibility index (Phi) is 9.15. The summed E-state index contributed by atoms with van der Waals surface area (Å²) < 4.78 is 10.6. The molecule has 2 aromatic carbocycles. The molecule has 0 heterocycles. The maximum Gasteiger partial charge on any atom is 0.190 e. The highest BCUT2D eigenvalue weighted by atomic mass is 16.5. The van der Waals surface area contributed by atoms with Crippen molar-refractivity contribution in [3.8, 4) is 11.5 Å². The summed E-state index contributed by atoms with van der Waals surface area (Å²) in [5.41, 5.74) is 2.31. The number of aliphatic hydroxyl groups is 1. The number of aliphatic hydroxyl groups excluding tert-OH is 1.